The Hall–Kier alpha value is -2.44. The van der Waals surface area contributed by atoms with Gasteiger partial charge in [-0.25, -0.2) is 4.39 Å². The normalized spacial score (nSPS) is 16.1. The van der Waals surface area contributed by atoms with E-state index in [2.05, 4.69) is 44.8 Å². The fraction of sp³-hybridized carbons (Fsp3) is 0.435. The van der Waals surface area contributed by atoms with E-state index >= 15 is 0 Å². The summed E-state index contributed by atoms with van der Waals surface area (Å²) in [6.45, 7) is 5.78. The lowest BCUT2D eigenvalue weighted by molar-refractivity contribution is 0.0792. The first kappa shape index (κ1) is 21.3. The number of rotatable bonds is 6. The van der Waals surface area contributed by atoms with Crippen molar-refractivity contribution in [3.05, 3.63) is 70.5 Å². The van der Waals surface area contributed by atoms with E-state index in [4.69, 9.17) is 0 Å². The maximum absolute atomic E-state index is 13.7. The highest BCUT2D eigenvalue weighted by molar-refractivity contribution is 5.79. The Morgan fingerprint density at radius 2 is 1.62 bits per heavy atom. The van der Waals surface area contributed by atoms with E-state index in [1.54, 1.807) is 26.1 Å². The highest BCUT2D eigenvalue weighted by Gasteiger charge is 2.16. The summed E-state index contributed by atoms with van der Waals surface area (Å²) in [7, 11) is 1.73. The van der Waals surface area contributed by atoms with Crippen LogP contribution >= 0.6 is 0 Å². The molecule has 2 aromatic carbocycles. The van der Waals surface area contributed by atoms with Crippen molar-refractivity contribution in [3.8, 4) is 0 Å². The molecule has 0 amide bonds. The second-order valence-corrected chi connectivity index (χ2v) is 7.69. The van der Waals surface area contributed by atoms with Gasteiger partial charge in [0.1, 0.15) is 5.82 Å². The zero-order valence-electron chi connectivity index (χ0n) is 17.3. The molecule has 1 aliphatic rings. The molecule has 5 nitrogen and oxygen atoms in total. The minimum absolute atomic E-state index is 0.132. The highest BCUT2D eigenvalue weighted by atomic mass is 19.1. The van der Waals surface area contributed by atoms with Gasteiger partial charge in [-0.3, -0.25) is 9.89 Å². The molecule has 0 atom stereocenters. The SMILES string of the molecule is CN=C(NCc1ccc(CN2CCC(O)CC2)cc1)NCc1ccc(C)c(F)c1. The van der Waals surface area contributed by atoms with Crippen molar-refractivity contribution < 1.29 is 9.50 Å². The Bertz CT molecular complexity index is 814. The van der Waals surface area contributed by atoms with Crippen molar-refractivity contribution in [2.24, 2.45) is 4.99 Å². The monoisotopic (exact) mass is 398 g/mol. The molecule has 3 N–H and O–H groups in total. The summed E-state index contributed by atoms with van der Waals surface area (Å²) in [5.74, 6) is 0.495. The zero-order valence-corrected chi connectivity index (χ0v) is 17.3. The standard InChI is InChI=1S/C23H31FN4O/c1-17-3-4-20(13-22(17)24)15-27-23(25-2)26-14-18-5-7-19(8-6-18)16-28-11-9-21(29)10-12-28/h3-8,13,21,29H,9-12,14-16H2,1-2H3,(H2,25,26,27). The van der Waals surface area contributed by atoms with E-state index in [9.17, 15) is 9.50 Å². The number of nitrogens with one attached hydrogen (secondary N) is 2. The van der Waals surface area contributed by atoms with Crippen LogP contribution in [0.25, 0.3) is 0 Å². The van der Waals surface area contributed by atoms with Crippen LogP contribution < -0.4 is 10.6 Å². The van der Waals surface area contributed by atoms with Gasteiger partial charge in [-0.15, -0.1) is 0 Å². The summed E-state index contributed by atoms with van der Waals surface area (Å²) in [5.41, 5.74) is 3.99. The highest BCUT2D eigenvalue weighted by Crippen LogP contribution is 2.14. The van der Waals surface area contributed by atoms with E-state index in [0.29, 0.717) is 24.6 Å². The van der Waals surface area contributed by atoms with Gasteiger partial charge in [0.05, 0.1) is 6.10 Å². The molecule has 0 saturated carbocycles. The lowest BCUT2D eigenvalue weighted by Crippen LogP contribution is -2.36. The lowest BCUT2D eigenvalue weighted by atomic mass is 10.1. The van der Waals surface area contributed by atoms with Crippen LogP contribution in [0.1, 0.15) is 35.1 Å². The second-order valence-electron chi connectivity index (χ2n) is 7.69. The van der Waals surface area contributed by atoms with E-state index in [0.717, 1.165) is 38.0 Å². The van der Waals surface area contributed by atoms with Gasteiger partial charge in [0.25, 0.3) is 0 Å². The van der Waals surface area contributed by atoms with Crippen molar-refractivity contribution >= 4 is 5.96 Å². The average molecular weight is 399 g/mol. The number of hydrogen-bond acceptors (Lipinski definition) is 3. The minimum atomic E-state index is -0.187. The Morgan fingerprint density at radius 1 is 1.03 bits per heavy atom. The number of piperidine rings is 1. The Morgan fingerprint density at radius 3 is 2.24 bits per heavy atom. The van der Waals surface area contributed by atoms with Gasteiger partial charge in [-0.05, 0) is 48.1 Å². The first-order valence-electron chi connectivity index (χ1n) is 10.2. The molecule has 3 rings (SSSR count). The van der Waals surface area contributed by atoms with Crippen molar-refractivity contribution in [2.45, 2.75) is 45.5 Å². The average Bonchev–Trinajstić information content (AvgIpc) is 2.73. The van der Waals surface area contributed by atoms with Crippen molar-refractivity contribution in [1.82, 2.24) is 15.5 Å². The molecule has 6 heteroatoms. The van der Waals surface area contributed by atoms with Crippen LogP contribution in [0.2, 0.25) is 0 Å². The molecule has 1 saturated heterocycles. The summed E-state index contributed by atoms with van der Waals surface area (Å²) < 4.78 is 13.7. The number of aryl methyl sites for hydroxylation is 1. The lowest BCUT2D eigenvalue weighted by Gasteiger charge is -2.29. The maximum atomic E-state index is 13.7. The van der Waals surface area contributed by atoms with Crippen LogP contribution in [0.15, 0.2) is 47.5 Å². The fourth-order valence-corrected chi connectivity index (χ4v) is 3.44. The summed E-state index contributed by atoms with van der Waals surface area (Å²) in [4.78, 5) is 6.62. The van der Waals surface area contributed by atoms with Gasteiger partial charge in [-0.1, -0.05) is 36.4 Å². The molecular formula is C23H31FN4O. The number of halogens is 1. The topological polar surface area (TPSA) is 59.9 Å². The molecule has 1 aliphatic heterocycles. The Kier molecular flexibility index (Phi) is 7.61. The molecular weight excluding hydrogens is 367 g/mol. The third kappa shape index (κ3) is 6.54. The smallest absolute Gasteiger partial charge is 0.191 e. The molecule has 0 unspecified atom stereocenters. The predicted octanol–water partition coefficient (Wildman–Crippen LogP) is 2.96. The van der Waals surface area contributed by atoms with Crippen molar-refractivity contribution in [3.63, 3.8) is 0 Å². The third-order valence-corrected chi connectivity index (χ3v) is 5.37. The Balaban J connectivity index is 1.44. The number of aliphatic imine (C=N–C) groups is 1. The molecule has 1 heterocycles. The maximum Gasteiger partial charge on any atom is 0.191 e. The molecule has 1 fully saturated rings. The van der Waals surface area contributed by atoms with Crippen LogP contribution in [-0.2, 0) is 19.6 Å². The summed E-state index contributed by atoms with van der Waals surface area (Å²) in [6.07, 6.45) is 1.60. The van der Waals surface area contributed by atoms with Gasteiger partial charge in [0, 0.05) is 39.8 Å². The van der Waals surface area contributed by atoms with Gasteiger partial charge >= 0.3 is 0 Å². The van der Waals surface area contributed by atoms with Crippen LogP contribution in [-0.4, -0.2) is 42.2 Å². The summed E-state index contributed by atoms with van der Waals surface area (Å²) in [6, 6.07) is 13.8. The van der Waals surface area contributed by atoms with Crippen molar-refractivity contribution in [1.29, 1.82) is 0 Å². The molecule has 0 aliphatic carbocycles. The molecule has 29 heavy (non-hydrogen) atoms. The number of benzene rings is 2. The van der Waals surface area contributed by atoms with Gasteiger partial charge in [0.15, 0.2) is 5.96 Å². The predicted molar refractivity (Wildman–Crippen MR) is 115 cm³/mol. The number of nitrogens with zero attached hydrogens (tertiary/aromatic N) is 2. The van der Waals surface area contributed by atoms with Gasteiger partial charge < -0.3 is 15.7 Å². The van der Waals surface area contributed by atoms with E-state index in [1.807, 2.05) is 6.07 Å². The largest absolute Gasteiger partial charge is 0.393 e. The molecule has 2 aromatic rings. The van der Waals surface area contributed by atoms with Crippen molar-refractivity contribution in [2.75, 3.05) is 20.1 Å². The summed E-state index contributed by atoms with van der Waals surface area (Å²) >= 11 is 0. The summed E-state index contributed by atoms with van der Waals surface area (Å²) in [5, 5.41) is 16.1. The number of aliphatic hydroxyl groups is 1. The quantitative estimate of drug-likeness (QED) is 0.517. The van der Waals surface area contributed by atoms with Crippen LogP contribution in [0.3, 0.4) is 0 Å². The molecule has 0 radical (unpaired) electrons. The van der Waals surface area contributed by atoms with E-state index < -0.39 is 0 Å². The number of likely N-dealkylation sites (tertiary alicyclic amines) is 1. The molecule has 0 aromatic heterocycles. The first-order valence-corrected chi connectivity index (χ1v) is 10.2. The minimum Gasteiger partial charge on any atom is -0.393 e. The van der Waals surface area contributed by atoms with Gasteiger partial charge in [0.2, 0.25) is 0 Å². The zero-order chi connectivity index (χ0) is 20.6. The van der Waals surface area contributed by atoms with Crippen LogP contribution in [0.5, 0.6) is 0 Å². The number of hydrogen-bond donors (Lipinski definition) is 3. The molecule has 0 bridgehead atoms. The molecule has 0 spiro atoms. The Labute approximate surface area is 172 Å². The molecule has 156 valence electrons. The van der Waals surface area contributed by atoms with Crippen LogP contribution in [0.4, 0.5) is 4.39 Å². The van der Waals surface area contributed by atoms with E-state index in [-0.39, 0.29) is 11.9 Å². The van der Waals surface area contributed by atoms with E-state index in [1.165, 1.54) is 11.1 Å². The second kappa shape index (κ2) is 10.4. The van der Waals surface area contributed by atoms with Gasteiger partial charge in [-0.2, -0.15) is 0 Å². The fourth-order valence-electron chi connectivity index (χ4n) is 3.44. The number of aliphatic hydroxyl groups excluding tert-OH is 1. The third-order valence-electron chi connectivity index (χ3n) is 5.37. The van der Waals surface area contributed by atoms with Crippen LogP contribution in [0, 0.1) is 12.7 Å². The first-order chi connectivity index (χ1) is 14.0. The number of guanidine groups is 1.